The van der Waals surface area contributed by atoms with Crippen molar-refractivity contribution in [2.45, 2.75) is 52.2 Å². The van der Waals surface area contributed by atoms with Gasteiger partial charge < -0.3 is 10.1 Å². The maximum Gasteiger partial charge on any atom is 0.150 e. The number of hydrogen-bond donors (Lipinski definition) is 1. The first kappa shape index (κ1) is 23.1. The average molecular weight is 448 g/mol. The van der Waals surface area contributed by atoms with Crippen LogP contribution in [0, 0.1) is 6.92 Å². The van der Waals surface area contributed by atoms with E-state index >= 15 is 0 Å². The number of fused-ring (bicyclic) bond motifs is 1. The van der Waals surface area contributed by atoms with E-state index in [0.717, 1.165) is 58.7 Å². The van der Waals surface area contributed by atoms with Crippen molar-refractivity contribution in [3.05, 3.63) is 76.1 Å². The van der Waals surface area contributed by atoms with Crippen LogP contribution in [0.1, 0.15) is 58.3 Å². The number of halogens is 1. The lowest BCUT2D eigenvalue weighted by Gasteiger charge is -2.24. The Morgan fingerprint density at radius 1 is 1.12 bits per heavy atom. The number of carbonyl (C=O) groups excluding carboxylic acids is 1. The zero-order valence-corrected chi connectivity index (χ0v) is 19.4. The molecule has 1 N–H and O–H groups in total. The summed E-state index contributed by atoms with van der Waals surface area (Å²) in [5.74, 6) is 0.746. The topological polar surface area (TPSA) is 64.1 Å². The highest BCUT2D eigenvalue weighted by Gasteiger charge is 2.34. The van der Waals surface area contributed by atoms with Crippen LogP contribution in [-0.2, 0) is 24.0 Å². The van der Waals surface area contributed by atoms with Crippen LogP contribution >= 0.6 is 0 Å². The van der Waals surface area contributed by atoms with Crippen LogP contribution in [0.15, 0.2) is 42.5 Å². The highest BCUT2D eigenvalue weighted by molar-refractivity contribution is 5.78. The van der Waals surface area contributed by atoms with Crippen LogP contribution < -0.4 is 5.32 Å². The molecule has 1 aliphatic rings. The van der Waals surface area contributed by atoms with Gasteiger partial charge in [-0.25, -0.2) is 14.4 Å². The van der Waals surface area contributed by atoms with E-state index in [9.17, 15) is 9.18 Å². The Kier molecular flexibility index (Phi) is 7.14. The summed E-state index contributed by atoms with van der Waals surface area (Å²) in [7, 11) is 0. The standard InChI is InChI=1S/C27H30FN3O2/c1-4-22-25(20-11-10-18(16-32)14-17(20)3)29-23(5-2)27(30-22)31-26-21-9-7-6-8-19(21)15-24(26)33-13-12-28/h6-11,14,16,24,26H,4-5,12-13,15H2,1-3H3,(H,30,31)/t24-,26+/m0/s1. The normalized spacial score (nSPS) is 17.1. The highest BCUT2D eigenvalue weighted by Crippen LogP contribution is 2.37. The summed E-state index contributed by atoms with van der Waals surface area (Å²) in [6.07, 6.45) is 2.87. The van der Waals surface area contributed by atoms with Crippen molar-refractivity contribution in [1.29, 1.82) is 0 Å². The van der Waals surface area contributed by atoms with Crippen LogP contribution in [0.4, 0.5) is 10.2 Å². The summed E-state index contributed by atoms with van der Waals surface area (Å²) in [6.45, 7) is 5.70. The smallest absolute Gasteiger partial charge is 0.150 e. The van der Waals surface area contributed by atoms with E-state index in [1.54, 1.807) is 0 Å². The Morgan fingerprint density at radius 2 is 1.91 bits per heavy atom. The molecule has 172 valence electrons. The van der Waals surface area contributed by atoms with Crippen molar-refractivity contribution in [2.24, 2.45) is 0 Å². The lowest BCUT2D eigenvalue weighted by Crippen LogP contribution is -2.27. The third-order valence-corrected chi connectivity index (χ3v) is 6.24. The second kappa shape index (κ2) is 10.2. The number of carbonyl (C=O) groups is 1. The predicted octanol–water partition coefficient (Wildman–Crippen LogP) is 5.45. The molecule has 1 aromatic heterocycles. The third-order valence-electron chi connectivity index (χ3n) is 6.24. The first-order chi connectivity index (χ1) is 16.1. The first-order valence-corrected chi connectivity index (χ1v) is 11.6. The molecule has 0 saturated heterocycles. The highest BCUT2D eigenvalue weighted by atomic mass is 19.1. The number of aryl methyl sites for hydroxylation is 3. The molecule has 2 atom stereocenters. The molecule has 1 aliphatic carbocycles. The number of ether oxygens (including phenoxy) is 1. The van der Waals surface area contributed by atoms with E-state index in [-0.39, 0.29) is 18.8 Å². The van der Waals surface area contributed by atoms with Gasteiger partial charge in [0.2, 0.25) is 0 Å². The third kappa shape index (κ3) is 4.67. The van der Waals surface area contributed by atoms with E-state index < -0.39 is 6.67 Å². The molecular formula is C27H30FN3O2. The zero-order chi connectivity index (χ0) is 23.4. The molecule has 0 amide bonds. The molecule has 0 radical (unpaired) electrons. The second-order valence-corrected chi connectivity index (χ2v) is 8.34. The van der Waals surface area contributed by atoms with Crippen molar-refractivity contribution in [1.82, 2.24) is 9.97 Å². The molecule has 1 heterocycles. The Bertz CT molecular complexity index is 1150. The first-order valence-electron chi connectivity index (χ1n) is 11.6. The van der Waals surface area contributed by atoms with Crippen molar-refractivity contribution in [3.63, 3.8) is 0 Å². The van der Waals surface area contributed by atoms with Crippen LogP contribution in [0.5, 0.6) is 0 Å². The number of hydrogen-bond acceptors (Lipinski definition) is 5. The number of anilines is 1. The summed E-state index contributed by atoms with van der Waals surface area (Å²) in [5.41, 5.74) is 7.62. The van der Waals surface area contributed by atoms with Crippen LogP contribution in [-0.4, -0.2) is 35.6 Å². The van der Waals surface area contributed by atoms with Gasteiger partial charge in [0.15, 0.2) is 0 Å². The fraction of sp³-hybridized carbons (Fsp3) is 0.370. The lowest BCUT2D eigenvalue weighted by molar-refractivity contribution is 0.0393. The zero-order valence-electron chi connectivity index (χ0n) is 19.4. The predicted molar refractivity (Wildman–Crippen MR) is 129 cm³/mol. The summed E-state index contributed by atoms with van der Waals surface area (Å²) < 4.78 is 18.7. The number of rotatable bonds is 9. The average Bonchev–Trinajstić information content (AvgIpc) is 3.19. The lowest BCUT2D eigenvalue weighted by atomic mass is 10.00. The Morgan fingerprint density at radius 3 is 2.61 bits per heavy atom. The van der Waals surface area contributed by atoms with Crippen molar-refractivity contribution < 1.29 is 13.9 Å². The molecule has 0 spiro atoms. The fourth-order valence-electron chi connectivity index (χ4n) is 4.58. The molecule has 0 fully saturated rings. The van der Waals surface area contributed by atoms with Gasteiger partial charge in [0, 0.05) is 17.5 Å². The fourth-order valence-corrected chi connectivity index (χ4v) is 4.58. The molecule has 0 saturated carbocycles. The Balaban J connectivity index is 1.73. The van der Waals surface area contributed by atoms with Crippen molar-refractivity contribution in [3.8, 4) is 11.3 Å². The molecule has 4 rings (SSSR count). The molecule has 0 bridgehead atoms. The van der Waals surface area contributed by atoms with Gasteiger partial charge >= 0.3 is 0 Å². The maximum absolute atomic E-state index is 12.8. The largest absolute Gasteiger partial charge is 0.373 e. The summed E-state index contributed by atoms with van der Waals surface area (Å²) >= 11 is 0. The van der Waals surface area contributed by atoms with Gasteiger partial charge in [0.25, 0.3) is 0 Å². The minimum Gasteiger partial charge on any atom is -0.373 e. The van der Waals surface area contributed by atoms with E-state index in [1.165, 1.54) is 5.56 Å². The summed E-state index contributed by atoms with van der Waals surface area (Å²) in [6, 6.07) is 13.8. The molecule has 6 heteroatoms. The molecule has 0 aliphatic heterocycles. The van der Waals surface area contributed by atoms with Crippen molar-refractivity contribution in [2.75, 3.05) is 18.6 Å². The number of aldehydes is 1. The van der Waals surface area contributed by atoms with E-state index in [2.05, 4.69) is 31.3 Å². The van der Waals surface area contributed by atoms with E-state index in [4.69, 9.17) is 14.7 Å². The quantitative estimate of drug-likeness (QED) is 0.442. The number of aromatic nitrogens is 2. The van der Waals surface area contributed by atoms with Gasteiger partial charge in [-0.15, -0.1) is 0 Å². The number of benzene rings is 2. The molecule has 33 heavy (non-hydrogen) atoms. The Labute approximate surface area is 194 Å². The molecule has 3 aromatic rings. The second-order valence-electron chi connectivity index (χ2n) is 8.34. The van der Waals surface area contributed by atoms with Crippen LogP contribution in [0.2, 0.25) is 0 Å². The molecular weight excluding hydrogens is 417 g/mol. The van der Waals surface area contributed by atoms with Gasteiger partial charge in [-0.05, 0) is 42.5 Å². The van der Waals surface area contributed by atoms with Crippen LogP contribution in [0.25, 0.3) is 11.3 Å². The monoisotopic (exact) mass is 447 g/mol. The van der Waals surface area contributed by atoms with Crippen LogP contribution in [0.3, 0.4) is 0 Å². The molecule has 2 aromatic carbocycles. The Hall–Kier alpha value is -3.12. The van der Waals surface area contributed by atoms with E-state index in [1.807, 2.05) is 37.3 Å². The molecule has 0 unspecified atom stereocenters. The van der Waals surface area contributed by atoms with Gasteiger partial charge in [-0.2, -0.15) is 0 Å². The SMILES string of the molecule is CCc1nc(-c2ccc(C=O)cc2C)c(CC)nc1N[C@@H]1c2ccccc2C[C@@H]1OCCF. The summed E-state index contributed by atoms with van der Waals surface area (Å²) in [5, 5.41) is 3.59. The van der Waals surface area contributed by atoms with Gasteiger partial charge in [-0.1, -0.05) is 50.2 Å². The minimum absolute atomic E-state index is 0.0817. The summed E-state index contributed by atoms with van der Waals surface area (Å²) in [4.78, 5) is 21.2. The van der Waals surface area contributed by atoms with E-state index in [0.29, 0.717) is 12.0 Å². The number of nitrogens with one attached hydrogen (secondary N) is 1. The van der Waals surface area contributed by atoms with Gasteiger partial charge in [-0.3, -0.25) is 4.79 Å². The maximum atomic E-state index is 12.8. The van der Waals surface area contributed by atoms with Gasteiger partial charge in [0.1, 0.15) is 18.8 Å². The number of nitrogens with zero attached hydrogens (tertiary/aromatic N) is 2. The number of alkyl halides is 1. The van der Waals surface area contributed by atoms with Gasteiger partial charge in [0.05, 0.1) is 35.8 Å². The minimum atomic E-state index is -0.503. The van der Waals surface area contributed by atoms with Crippen molar-refractivity contribution >= 4 is 12.1 Å². The molecule has 5 nitrogen and oxygen atoms in total.